The fourth-order valence-electron chi connectivity index (χ4n) is 4.57. The van der Waals surface area contributed by atoms with Crippen LogP contribution in [0.3, 0.4) is 0 Å². The highest BCUT2D eigenvalue weighted by Crippen LogP contribution is 2.32. The number of rotatable bonds is 7. The van der Waals surface area contributed by atoms with E-state index >= 15 is 0 Å². The fourth-order valence-corrected chi connectivity index (χ4v) is 5.39. The van der Waals surface area contributed by atoms with Crippen molar-refractivity contribution in [2.24, 2.45) is 11.8 Å². The molecular weight excluding hydrogens is 378 g/mol. The SMILES string of the molecule is CC(C)C1CCC(OC[C@H]2[C@@H](NS(C)(=O)=O)CCCN2C(=O)NC2CC2)CC1. The molecule has 162 valence electrons. The van der Waals surface area contributed by atoms with E-state index in [1.165, 1.54) is 19.1 Å². The molecule has 0 radical (unpaired) electrons. The number of hydrogen-bond acceptors (Lipinski definition) is 4. The van der Waals surface area contributed by atoms with Crippen molar-refractivity contribution in [1.29, 1.82) is 0 Å². The maximum Gasteiger partial charge on any atom is 0.318 e. The van der Waals surface area contributed by atoms with Crippen molar-refractivity contribution in [2.45, 2.75) is 89.4 Å². The van der Waals surface area contributed by atoms with E-state index in [1.54, 1.807) is 4.90 Å². The van der Waals surface area contributed by atoms with Crippen LogP contribution in [0.1, 0.15) is 65.2 Å². The zero-order valence-electron chi connectivity index (χ0n) is 17.5. The molecule has 2 aliphatic carbocycles. The van der Waals surface area contributed by atoms with Crippen LogP contribution in [0, 0.1) is 11.8 Å². The number of carbonyl (C=O) groups is 1. The first kappa shape index (κ1) is 21.8. The Balaban J connectivity index is 1.61. The molecule has 2 saturated carbocycles. The highest BCUT2D eigenvalue weighted by atomic mass is 32.2. The van der Waals surface area contributed by atoms with Gasteiger partial charge in [-0.2, -0.15) is 0 Å². The minimum atomic E-state index is -3.34. The zero-order chi connectivity index (χ0) is 20.3. The molecule has 0 aromatic carbocycles. The molecule has 28 heavy (non-hydrogen) atoms. The van der Waals surface area contributed by atoms with Gasteiger partial charge < -0.3 is 15.0 Å². The summed E-state index contributed by atoms with van der Waals surface area (Å²) in [6.07, 6.45) is 9.45. The Bertz CT molecular complexity index is 627. The molecule has 1 heterocycles. The molecule has 2 N–H and O–H groups in total. The van der Waals surface area contributed by atoms with Crippen molar-refractivity contribution in [2.75, 3.05) is 19.4 Å². The Hall–Kier alpha value is -0.860. The summed E-state index contributed by atoms with van der Waals surface area (Å²) in [5.41, 5.74) is 0. The monoisotopic (exact) mass is 415 g/mol. The number of carbonyl (C=O) groups excluding carboxylic acids is 1. The Kier molecular flexibility index (Phi) is 7.26. The van der Waals surface area contributed by atoms with Gasteiger partial charge in [0.05, 0.1) is 25.0 Å². The first-order valence-corrected chi connectivity index (χ1v) is 12.8. The number of urea groups is 1. The van der Waals surface area contributed by atoms with Crippen molar-refractivity contribution >= 4 is 16.1 Å². The summed E-state index contributed by atoms with van der Waals surface area (Å²) in [5.74, 6) is 1.49. The number of ether oxygens (including phenoxy) is 1. The van der Waals surface area contributed by atoms with E-state index in [2.05, 4.69) is 23.9 Å². The van der Waals surface area contributed by atoms with Crippen LogP contribution >= 0.6 is 0 Å². The molecule has 3 rings (SSSR count). The zero-order valence-corrected chi connectivity index (χ0v) is 18.3. The maximum atomic E-state index is 12.7. The normalized spacial score (nSPS) is 31.8. The molecule has 2 atom stereocenters. The van der Waals surface area contributed by atoms with Gasteiger partial charge in [0, 0.05) is 18.6 Å². The molecule has 3 aliphatic rings. The Labute approximate surface area is 170 Å². The van der Waals surface area contributed by atoms with Crippen molar-refractivity contribution < 1.29 is 17.9 Å². The number of hydrogen-bond donors (Lipinski definition) is 2. The number of nitrogens with one attached hydrogen (secondary N) is 2. The molecule has 0 unspecified atom stereocenters. The molecule has 2 amide bonds. The molecule has 7 nitrogen and oxygen atoms in total. The second kappa shape index (κ2) is 9.30. The van der Waals surface area contributed by atoms with Crippen LogP contribution in [0.15, 0.2) is 0 Å². The van der Waals surface area contributed by atoms with Gasteiger partial charge >= 0.3 is 6.03 Å². The van der Waals surface area contributed by atoms with Crippen molar-refractivity contribution in [3.05, 3.63) is 0 Å². The van der Waals surface area contributed by atoms with E-state index in [1.807, 2.05) is 0 Å². The van der Waals surface area contributed by atoms with Gasteiger partial charge in [-0.3, -0.25) is 0 Å². The van der Waals surface area contributed by atoms with Crippen LogP contribution in [-0.2, 0) is 14.8 Å². The number of piperidine rings is 1. The summed E-state index contributed by atoms with van der Waals surface area (Å²) >= 11 is 0. The smallest absolute Gasteiger partial charge is 0.318 e. The standard InChI is InChI=1S/C20H37N3O4S/c1-14(2)15-6-10-17(11-7-15)27-13-19-18(22-28(3,25)26)5-4-12-23(19)20(24)21-16-8-9-16/h14-19,22H,4-13H2,1-3H3,(H,21,24)/t15?,17?,18-,19-/m0/s1. The summed E-state index contributed by atoms with van der Waals surface area (Å²) in [4.78, 5) is 14.5. The lowest BCUT2D eigenvalue weighted by atomic mass is 9.80. The Morgan fingerprint density at radius 3 is 2.36 bits per heavy atom. The van der Waals surface area contributed by atoms with Gasteiger partial charge in [-0.05, 0) is 63.2 Å². The van der Waals surface area contributed by atoms with Crippen LogP contribution in [0.5, 0.6) is 0 Å². The van der Waals surface area contributed by atoms with Gasteiger partial charge in [0.1, 0.15) is 0 Å². The number of sulfonamides is 1. The van der Waals surface area contributed by atoms with E-state index in [4.69, 9.17) is 4.74 Å². The topological polar surface area (TPSA) is 87.7 Å². The number of likely N-dealkylation sites (tertiary alicyclic amines) is 1. The van der Waals surface area contributed by atoms with Gasteiger partial charge in [-0.15, -0.1) is 0 Å². The summed E-state index contributed by atoms with van der Waals surface area (Å²) in [5, 5.41) is 3.05. The average Bonchev–Trinajstić information content (AvgIpc) is 3.43. The first-order valence-electron chi connectivity index (χ1n) is 10.9. The van der Waals surface area contributed by atoms with Crippen LogP contribution < -0.4 is 10.0 Å². The largest absolute Gasteiger partial charge is 0.376 e. The van der Waals surface area contributed by atoms with Gasteiger partial charge in [0.2, 0.25) is 10.0 Å². The lowest BCUT2D eigenvalue weighted by molar-refractivity contribution is -0.0241. The van der Waals surface area contributed by atoms with Crippen molar-refractivity contribution in [1.82, 2.24) is 14.9 Å². The van der Waals surface area contributed by atoms with Gasteiger partial charge in [0.25, 0.3) is 0 Å². The van der Waals surface area contributed by atoms with Crippen LogP contribution in [0.25, 0.3) is 0 Å². The highest BCUT2D eigenvalue weighted by molar-refractivity contribution is 7.88. The maximum absolute atomic E-state index is 12.7. The summed E-state index contributed by atoms with van der Waals surface area (Å²) < 4.78 is 32.7. The third-order valence-electron chi connectivity index (χ3n) is 6.47. The van der Waals surface area contributed by atoms with E-state index in [0.717, 1.165) is 44.4 Å². The van der Waals surface area contributed by atoms with E-state index in [-0.39, 0.29) is 30.3 Å². The molecular formula is C20H37N3O4S. The highest BCUT2D eigenvalue weighted by Gasteiger charge is 2.38. The Morgan fingerprint density at radius 2 is 1.79 bits per heavy atom. The fraction of sp³-hybridized carbons (Fsp3) is 0.950. The lowest BCUT2D eigenvalue weighted by Gasteiger charge is -2.42. The molecule has 1 aliphatic heterocycles. The van der Waals surface area contributed by atoms with Crippen LogP contribution in [0.2, 0.25) is 0 Å². The van der Waals surface area contributed by atoms with E-state index in [0.29, 0.717) is 19.1 Å². The molecule has 3 fully saturated rings. The average molecular weight is 416 g/mol. The van der Waals surface area contributed by atoms with Crippen LogP contribution in [0.4, 0.5) is 4.79 Å². The van der Waals surface area contributed by atoms with Crippen LogP contribution in [-0.4, -0.2) is 63.0 Å². The number of amides is 2. The third-order valence-corrected chi connectivity index (χ3v) is 7.21. The van der Waals surface area contributed by atoms with E-state index in [9.17, 15) is 13.2 Å². The molecule has 1 saturated heterocycles. The van der Waals surface area contributed by atoms with Crippen molar-refractivity contribution in [3.63, 3.8) is 0 Å². The lowest BCUT2D eigenvalue weighted by Crippen LogP contribution is -2.61. The predicted octanol–water partition coefficient (Wildman–Crippen LogP) is 2.47. The summed E-state index contributed by atoms with van der Waals surface area (Å²) in [6.45, 7) is 5.61. The summed E-state index contributed by atoms with van der Waals surface area (Å²) in [6, 6.07) is -0.353. The summed E-state index contributed by atoms with van der Waals surface area (Å²) in [7, 11) is -3.34. The number of nitrogens with zero attached hydrogens (tertiary/aromatic N) is 1. The molecule has 0 spiro atoms. The van der Waals surface area contributed by atoms with Crippen molar-refractivity contribution in [3.8, 4) is 0 Å². The third kappa shape index (κ3) is 6.32. The minimum absolute atomic E-state index is 0.0837. The Morgan fingerprint density at radius 1 is 1.11 bits per heavy atom. The van der Waals surface area contributed by atoms with Gasteiger partial charge in [0.15, 0.2) is 0 Å². The van der Waals surface area contributed by atoms with E-state index < -0.39 is 10.0 Å². The van der Waals surface area contributed by atoms with Gasteiger partial charge in [-0.25, -0.2) is 17.9 Å². The quantitative estimate of drug-likeness (QED) is 0.669. The molecule has 0 aromatic heterocycles. The molecule has 0 bridgehead atoms. The van der Waals surface area contributed by atoms with Gasteiger partial charge in [-0.1, -0.05) is 13.8 Å². The molecule has 8 heteroatoms. The molecule has 0 aromatic rings. The second-order valence-corrected chi connectivity index (χ2v) is 11.0. The first-order chi connectivity index (χ1) is 13.2. The minimum Gasteiger partial charge on any atom is -0.376 e. The predicted molar refractivity (Wildman–Crippen MR) is 110 cm³/mol. The second-order valence-electron chi connectivity index (χ2n) is 9.24.